The molecule has 0 aliphatic carbocycles. The molecule has 132 valence electrons. The van der Waals surface area contributed by atoms with Gasteiger partial charge in [0.1, 0.15) is 11.9 Å². The smallest absolute Gasteiger partial charge is 0.416 e. The molecule has 0 saturated carbocycles. The first-order valence-corrected chi connectivity index (χ1v) is 8.35. The molecule has 4 rings (SSSR count). The zero-order valence-corrected chi connectivity index (χ0v) is 13.8. The first-order valence-electron chi connectivity index (χ1n) is 8.35. The van der Waals surface area contributed by atoms with Crippen molar-refractivity contribution in [2.45, 2.75) is 18.7 Å². The second-order valence-electron chi connectivity index (χ2n) is 6.27. The maximum atomic E-state index is 12.9. The molecule has 2 aromatic rings. The van der Waals surface area contributed by atoms with Gasteiger partial charge < -0.3 is 4.74 Å². The van der Waals surface area contributed by atoms with Crippen LogP contribution in [0.2, 0.25) is 0 Å². The summed E-state index contributed by atoms with van der Waals surface area (Å²) in [5.74, 6) is 0.518. The molecular weight excluding hydrogens is 339 g/mol. The van der Waals surface area contributed by atoms with Gasteiger partial charge in [0, 0.05) is 12.0 Å². The minimum atomic E-state index is -4.34. The highest BCUT2D eigenvalue weighted by Crippen LogP contribution is 2.40. The van der Waals surface area contributed by atoms with Crippen LogP contribution in [-0.2, 0) is 12.6 Å². The molecule has 2 aliphatic rings. The van der Waals surface area contributed by atoms with Crippen LogP contribution in [0, 0.1) is 0 Å². The fourth-order valence-corrected chi connectivity index (χ4v) is 3.19. The summed E-state index contributed by atoms with van der Waals surface area (Å²) in [6, 6.07) is 11.5. The highest BCUT2D eigenvalue weighted by molar-refractivity contribution is 6.09. The summed E-state index contributed by atoms with van der Waals surface area (Å²) in [5.41, 5.74) is 2.73. The second kappa shape index (κ2) is 6.48. The first kappa shape index (κ1) is 16.6. The van der Waals surface area contributed by atoms with E-state index in [4.69, 9.17) is 4.74 Å². The van der Waals surface area contributed by atoms with E-state index >= 15 is 0 Å². The summed E-state index contributed by atoms with van der Waals surface area (Å²) in [6.07, 6.45) is 3.61. The van der Waals surface area contributed by atoms with Gasteiger partial charge in [-0.25, -0.2) is 0 Å². The van der Waals surface area contributed by atoms with Gasteiger partial charge in [0.15, 0.2) is 0 Å². The predicted molar refractivity (Wildman–Crippen MR) is 94.6 cm³/mol. The van der Waals surface area contributed by atoms with E-state index < -0.39 is 11.7 Å². The number of halogens is 3. The van der Waals surface area contributed by atoms with E-state index in [0.29, 0.717) is 24.3 Å². The fourth-order valence-electron chi connectivity index (χ4n) is 3.19. The lowest BCUT2D eigenvalue weighted by Gasteiger charge is -2.12. The average molecular weight is 355 g/mol. The Morgan fingerprint density at radius 2 is 1.92 bits per heavy atom. The van der Waals surface area contributed by atoms with Gasteiger partial charge in [-0.1, -0.05) is 36.4 Å². The van der Waals surface area contributed by atoms with Gasteiger partial charge in [-0.05, 0) is 41.5 Å². The molecule has 0 N–H and O–H groups in total. The van der Waals surface area contributed by atoms with E-state index in [-0.39, 0.29) is 6.10 Å². The summed E-state index contributed by atoms with van der Waals surface area (Å²) in [7, 11) is 0. The van der Waals surface area contributed by atoms with Crippen LogP contribution in [0.5, 0.6) is 5.75 Å². The van der Waals surface area contributed by atoms with E-state index in [2.05, 4.69) is 4.99 Å². The van der Waals surface area contributed by atoms with E-state index in [1.165, 1.54) is 12.1 Å². The number of aliphatic imine (C=N–C) groups is 1. The van der Waals surface area contributed by atoms with Gasteiger partial charge in [0.05, 0.1) is 17.8 Å². The normalized spacial score (nSPS) is 18.9. The molecule has 0 bridgehead atoms. The molecule has 5 heteroatoms. The molecule has 1 unspecified atom stereocenters. The van der Waals surface area contributed by atoms with Crippen molar-refractivity contribution in [3.63, 3.8) is 0 Å². The maximum Gasteiger partial charge on any atom is 0.416 e. The molecular formula is C21H16F3NO. The molecule has 0 spiro atoms. The van der Waals surface area contributed by atoms with E-state index in [9.17, 15) is 13.2 Å². The van der Waals surface area contributed by atoms with Gasteiger partial charge in [-0.3, -0.25) is 4.99 Å². The molecule has 0 amide bonds. The van der Waals surface area contributed by atoms with Gasteiger partial charge in [0.25, 0.3) is 0 Å². The summed E-state index contributed by atoms with van der Waals surface area (Å²) in [4.78, 5) is 4.52. The molecule has 26 heavy (non-hydrogen) atoms. The summed E-state index contributed by atoms with van der Waals surface area (Å²) in [5, 5.41) is 0. The van der Waals surface area contributed by atoms with Gasteiger partial charge in [-0.2, -0.15) is 13.2 Å². The molecule has 2 aliphatic heterocycles. The van der Waals surface area contributed by atoms with Crippen molar-refractivity contribution < 1.29 is 17.9 Å². The van der Waals surface area contributed by atoms with Crippen LogP contribution in [0.25, 0.3) is 0 Å². The molecule has 0 radical (unpaired) electrons. The lowest BCUT2D eigenvalue weighted by molar-refractivity contribution is -0.137. The molecule has 2 aromatic carbocycles. The van der Waals surface area contributed by atoms with Crippen LogP contribution in [0.4, 0.5) is 13.2 Å². The quantitative estimate of drug-likeness (QED) is 0.717. The number of allylic oxidation sites excluding steroid dienone is 3. The SMILES string of the molecule is FC(F)(F)c1ccc2c(c1)CC(c1cccc(C3=NCC=CC=C3)c1)O2. The predicted octanol–water partition coefficient (Wildman–Crippen LogP) is 5.30. The molecule has 0 saturated heterocycles. The van der Waals surface area contributed by atoms with Crippen molar-refractivity contribution >= 4 is 5.71 Å². The molecule has 2 nitrogen and oxygen atoms in total. The van der Waals surface area contributed by atoms with Crippen molar-refractivity contribution in [1.29, 1.82) is 0 Å². The van der Waals surface area contributed by atoms with Crippen LogP contribution in [0.15, 0.2) is 71.8 Å². The Kier molecular flexibility index (Phi) is 4.15. The molecule has 1 atom stereocenters. The highest BCUT2D eigenvalue weighted by atomic mass is 19.4. The van der Waals surface area contributed by atoms with E-state index in [1.807, 2.05) is 48.6 Å². The number of fused-ring (bicyclic) bond motifs is 1. The largest absolute Gasteiger partial charge is 0.485 e. The Labute approximate surface area is 149 Å². The Bertz CT molecular complexity index is 925. The summed E-state index contributed by atoms with van der Waals surface area (Å²) in [6.45, 7) is 0.623. The lowest BCUT2D eigenvalue weighted by atomic mass is 9.99. The number of nitrogens with zero attached hydrogens (tertiary/aromatic N) is 1. The van der Waals surface area contributed by atoms with Crippen LogP contribution in [0.1, 0.15) is 28.4 Å². The third kappa shape index (κ3) is 3.29. The monoisotopic (exact) mass is 355 g/mol. The Morgan fingerprint density at radius 3 is 2.77 bits per heavy atom. The van der Waals surface area contributed by atoms with Crippen LogP contribution in [0.3, 0.4) is 0 Å². The van der Waals surface area contributed by atoms with Crippen LogP contribution in [-0.4, -0.2) is 12.3 Å². The fraction of sp³-hybridized carbons (Fsp3) is 0.190. The lowest BCUT2D eigenvalue weighted by Crippen LogP contribution is -2.06. The zero-order chi connectivity index (χ0) is 18.1. The van der Waals surface area contributed by atoms with Crippen molar-refractivity contribution in [1.82, 2.24) is 0 Å². The number of benzene rings is 2. The standard InChI is InChI=1S/C21H16F3NO/c22-21(23,24)17-8-9-19-16(12-17)13-20(26-19)15-6-4-5-14(11-15)18-7-2-1-3-10-25-18/h1-9,11-12,20H,10,13H2. The molecule has 2 heterocycles. The Hall–Kier alpha value is -2.82. The highest BCUT2D eigenvalue weighted by Gasteiger charge is 2.33. The second-order valence-corrected chi connectivity index (χ2v) is 6.27. The number of hydrogen-bond donors (Lipinski definition) is 0. The van der Waals surface area contributed by atoms with Gasteiger partial charge in [-0.15, -0.1) is 0 Å². The topological polar surface area (TPSA) is 21.6 Å². The third-order valence-electron chi connectivity index (χ3n) is 4.48. The average Bonchev–Trinajstić information content (AvgIpc) is 2.86. The molecule has 0 aromatic heterocycles. The summed E-state index contributed by atoms with van der Waals surface area (Å²) >= 11 is 0. The Morgan fingerprint density at radius 1 is 1.04 bits per heavy atom. The Balaban J connectivity index is 1.59. The maximum absolute atomic E-state index is 12.9. The van der Waals surface area contributed by atoms with E-state index in [1.54, 1.807) is 0 Å². The molecule has 0 fully saturated rings. The number of ether oxygens (including phenoxy) is 1. The number of rotatable bonds is 2. The minimum absolute atomic E-state index is 0.290. The minimum Gasteiger partial charge on any atom is -0.485 e. The van der Waals surface area contributed by atoms with Crippen LogP contribution < -0.4 is 4.74 Å². The van der Waals surface area contributed by atoms with Crippen molar-refractivity contribution in [3.8, 4) is 5.75 Å². The van der Waals surface area contributed by atoms with Crippen molar-refractivity contribution in [2.75, 3.05) is 6.54 Å². The van der Waals surface area contributed by atoms with Crippen molar-refractivity contribution in [3.05, 3.63) is 89.0 Å². The van der Waals surface area contributed by atoms with Gasteiger partial charge >= 0.3 is 6.18 Å². The number of alkyl halides is 3. The van der Waals surface area contributed by atoms with Gasteiger partial charge in [0.2, 0.25) is 0 Å². The first-order chi connectivity index (χ1) is 12.5. The van der Waals surface area contributed by atoms with E-state index in [0.717, 1.165) is 22.9 Å². The third-order valence-corrected chi connectivity index (χ3v) is 4.48. The number of hydrogen-bond acceptors (Lipinski definition) is 2. The van der Waals surface area contributed by atoms with Crippen molar-refractivity contribution in [2.24, 2.45) is 4.99 Å². The zero-order valence-electron chi connectivity index (χ0n) is 13.8. The van der Waals surface area contributed by atoms with Crippen LogP contribution >= 0.6 is 0 Å². The summed E-state index contributed by atoms with van der Waals surface area (Å²) < 4.78 is 44.6.